The number of nitrogens with two attached hydrogens (primary N) is 1. The number of ether oxygens (including phenoxy) is 1. The number of primary amides is 1. The summed E-state index contributed by atoms with van der Waals surface area (Å²) in [6.45, 7) is 1.36. The highest BCUT2D eigenvalue weighted by Crippen LogP contribution is 2.13. The number of carbonyl (C=O) groups is 2. The van der Waals surface area contributed by atoms with Gasteiger partial charge in [-0.15, -0.1) is 0 Å². The lowest BCUT2D eigenvalue weighted by molar-refractivity contribution is -0.125. The van der Waals surface area contributed by atoms with Crippen LogP contribution in [0.15, 0.2) is 29.1 Å². The standard InChI is InChI=1S/C12H11N3O4/c1-6(10(13)16)19-12(18)9-7-4-2-3-5-8(7)11(17)15-14-9/h2-6H,1H3,(H2,13,16)(H,15,17)/t6-/m0/s1. The number of hydrogen-bond donors (Lipinski definition) is 2. The number of nitrogens with one attached hydrogen (secondary N) is 1. The van der Waals surface area contributed by atoms with Gasteiger partial charge in [-0.1, -0.05) is 18.2 Å². The monoisotopic (exact) mass is 261 g/mol. The van der Waals surface area contributed by atoms with E-state index in [0.717, 1.165) is 0 Å². The first kappa shape index (κ1) is 12.7. The van der Waals surface area contributed by atoms with Crippen molar-refractivity contribution in [2.24, 2.45) is 5.73 Å². The highest BCUT2D eigenvalue weighted by molar-refractivity contribution is 6.02. The van der Waals surface area contributed by atoms with Gasteiger partial charge in [-0.2, -0.15) is 5.10 Å². The lowest BCUT2D eigenvalue weighted by Crippen LogP contribution is -2.31. The van der Waals surface area contributed by atoms with Crippen LogP contribution in [0.3, 0.4) is 0 Å². The largest absolute Gasteiger partial charge is 0.448 e. The smallest absolute Gasteiger partial charge is 0.360 e. The number of carbonyl (C=O) groups excluding carboxylic acids is 2. The topological polar surface area (TPSA) is 115 Å². The Labute approximate surface area is 107 Å². The van der Waals surface area contributed by atoms with Crippen molar-refractivity contribution < 1.29 is 14.3 Å². The Morgan fingerprint density at radius 1 is 1.32 bits per heavy atom. The zero-order valence-electron chi connectivity index (χ0n) is 10.0. The van der Waals surface area contributed by atoms with E-state index in [9.17, 15) is 14.4 Å². The summed E-state index contributed by atoms with van der Waals surface area (Å²) in [6.07, 6.45) is -1.07. The summed E-state index contributed by atoms with van der Waals surface area (Å²) in [4.78, 5) is 34.3. The van der Waals surface area contributed by atoms with Gasteiger partial charge in [0.1, 0.15) is 0 Å². The average Bonchev–Trinajstić information content (AvgIpc) is 2.39. The third-order valence-corrected chi connectivity index (χ3v) is 2.57. The molecule has 0 spiro atoms. The molecular formula is C12H11N3O4. The van der Waals surface area contributed by atoms with Gasteiger partial charge in [0, 0.05) is 5.39 Å². The van der Waals surface area contributed by atoms with Crippen molar-refractivity contribution in [2.75, 3.05) is 0 Å². The Balaban J connectivity index is 2.46. The normalized spacial score (nSPS) is 12.1. The predicted molar refractivity (Wildman–Crippen MR) is 66.4 cm³/mol. The molecule has 2 aromatic rings. The fourth-order valence-electron chi connectivity index (χ4n) is 1.54. The van der Waals surface area contributed by atoms with E-state index < -0.39 is 23.5 Å². The van der Waals surface area contributed by atoms with Crippen molar-refractivity contribution >= 4 is 22.6 Å². The van der Waals surface area contributed by atoms with Gasteiger partial charge in [0.05, 0.1) is 5.39 Å². The maximum absolute atomic E-state index is 11.9. The molecule has 1 heterocycles. The molecule has 1 aromatic heterocycles. The molecule has 1 aromatic carbocycles. The zero-order valence-corrected chi connectivity index (χ0v) is 10.0. The molecule has 0 aliphatic carbocycles. The summed E-state index contributed by atoms with van der Waals surface area (Å²) in [5.74, 6) is -1.58. The van der Waals surface area contributed by atoms with E-state index in [-0.39, 0.29) is 5.69 Å². The number of esters is 1. The van der Waals surface area contributed by atoms with Crippen molar-refractivity contribution in [3.63, 3.8) is 0 Å². The van der Waals surface area contributed by atoms with Crippen LogP contribution in [0, 0.1) is 0 Å². The number of aromatic nitrogens is 2. The molecule has 0 aliphatic rings. The molecule has 0 radical (unpaired) electrons. The molecule has 19 heavy (non-hydrogen) atoms. The van der Waals surface area contributed by atoms with E-state index in [4.69, 9.17) is 10.5 Å². The van der Waals surface area contributed by atoms with Crippen molar-refractivity contribution in [1.29, 1.82) is 0 Å². The first-order valence-electron chi connectivity index (χ1n) is 5.48. The van der Waals surface area contributed by atoms with Crippen molar-refractivity contribution in [2.45, 2.75) is 13.0 Å². The lowest BCUT2D eigenvalue weighted by atomic mass is 10.1. The minimum atomic E-state index is -1.07. The molecule has 3 N–H and O–H groups in total. The van der Waals surface area contributed by atoms with Crippen LogP contribution in [0.1, 0.15) is 17.4 Å². The number of nitrogens with zero attached hydrogens (tertiary/aromatic N) is 1. The van der Waals surface area contributed by atoms with E-state index in [1.54, 1.807) is 24.3 Å². The van der Waals surface area contributed by atoms with E-state index in [0.29, 0.717) is 10.8 Å². The third-order valence-electron chi connectivity index (χ3n) is 2.57. The fraction of sp³-hybridized carbons (Fsp3) is 0.167. The van der Waals surface area contributed by atoms with Crippen LogP contribution in [-0.4, -0.2) is 28.2 Å². The highest BCUT2D eigenvalue weighted by atomic mass is 16.5. The van der Waals surface area contributed by atoms with Crippen molar-refractivity contribution in [3.8, 4) is 0 Å². The fourth-order valence-corrected chi connectivity index (χ4v) is 1.54. The minimum Gasteiger partial charge on any atom is -0.448 e. The van der Waals surface area contributed by atoms with Crippen LogP contribution < -0.4 is 11.3 Å². The molecule has 0 saturated carbocycles. The number of benzene rings is 1. The number of aromatic amines is 1. The van der Waals surface area contributed by atoms with Gasteiger partial charge >= 0.3 is 5.97 Å². The predicted octanol–water partition coefficient (Wildman–Crippen LogP) is -0.0463. The molecule has 0 fully saturated rings. The molecular weight excluding hydrogens is 250 g/mol. The van der Waals surface area contributed by atoms with Gasteiger partial charge in [0.2, 0.25) is 0 Å². The Kier molecular flexibility index (Phi) is 3.28. The Morgan fingerprint density at radius 2 is 1.95 bits per heavy atom. The quantitative estimate of drug-likeness (QED) is 0.752. The van der Waals surface area contributed by atoms with Crippen LogP contribution in [0.2, 0.25) is 0 Å². The number of H-pyrrole nitrogens is 1. The number of rotatable bonds is 3. The summed E-state index contributed by atoms with van der Waals surface area (Å²) in [5.41, 5.74) is 4.53. The summed E-state index contributed by atoms with van der Waals surface area (Å²) >= 11 is 0. The number of fused-ring (bicyclic) bond motifs is 1. The second-order valence-electron chi connectivity index (χ2n) is 3.90. The van der Waals surface area contributed by atoms with Crippen LogP contribution in [0.4, 0.5) is 0 Å². The highest BCUT2D eigenvalue weighted by Gasteiger charge is 2.20. The van der Waals surface area contributed by atoms with Gasteiger partial charge < -0.3 is 10.5 Å². The molecule has 0 aliphatic heterocycles. The molecule has 2 rings (SSSR count). The van der Waals surface area contributed by atoms with Gasteiger partial charge in [0.15, 0.2) is 11.8 Å². The lowest BCUT2D eigenvalue weighted by Gasteiger charge is -2.09. The summed E-state index contributed by atoms with van der Waals surface area (Å²) in [6, 6.07) is 6.46. The van der Waals surface area contributed by atoms with Crippen LogP contribution in [-0.2, 0) is 9.53 Å². The Hall–Kier alpha value is -2.70. The van der Waals surface area contributed by atoms with Crippen molar-refractivity contribution in [1.82, 2.24) is 10.2 Å². The zero-order chi connectivity index (χ0) is 14.0. The van der Waals surface area contributed by atoms with Crippen molar-refractivity contribution in [3.05, 3.63) is 40.3 Å². The van der Waals surface area contributed by atoms with Crippen LogP contribution in [0.25, 0.3) is 10.8 Å². The minimum absolute atomic E-state index is 0.0664. The van der Waals surface area contributed by atoms with Gasteiger partial charge in [-0.25, -0.2) is 9.89 Å². The van der Waals surface area contributed by atoms with Gasteiger partial charge in [0.25, 0.3) is 11.5 Å². The summed E-state index contributed by atoms with van der Waals surface area (Å²) in [7, 11) is 0. The summed E-state index contributed by atoms with van der Waals surface area (Å²) < 4.78 is 4.85. The van der Waals surface area contributed by atoms with Crippen LogP contribution in [0.5, 0.6) is 0 Å². The van der Waals surface area contributed by atoms with Crippen LogP contribution >= 0.6 is 0 Å². The first-order chi connectivity index (χ1) is 9.00. The second-order valence-corrected chi connectivity index (χ2v) is 3.90. The molecule has 1 amide bonds. The number of amides is 1. The SMILES string of the molecule is C[C@H](OC(=O)c1n[nH]c(=O)c2ccccc12)C(N)=O. The molecule has 0 bridgehead atoms. The van der Waals surface area contributed by atoms with E-state index in [1.807, 2.05) is 0 Å². The molecule has 7 heteroatoms. The molecule has 98 valence electrons. The van der Waals surface area contributed by atoms with Gasteiger partial charge in [-0.05, 0) is 13.0 Å². The first-order valence-corrected chi connectivity index (χ1v) is 5.48. The van der Waals surface area contributed by atoms with E-state index >= 15 is 0 Å². The second kappa shape index (κ2) is 4.89. The average molecular weight is 261 g/mol. The maximum atomic E-state index is 11.9. The number of hydrogen-bond acceptors (Lipinski definition) is 5. The van der Waals surface area contributed by atoms with E-state index in [1.165, 1.54) is 6.92 Å². The van der Waals surface area contributed by atoms with Gasteiger partial charge in [-0.3, -0.25) is 9.59 Å². The molecule has 0 unspecified atom stereocenters. The molecule has 7 nitrogen and oxygen atoms in total. The Morgan fingerprint density at radius 3 is 2.58 bits per heavy atom. The summed E-state index contributed by atoms with van der Waals surface area (Å²) in [5, 5.41) is 6.53. The maximum Gasteiger partial charge on any atom is 0.360 e. The van der Waals surface area contributed by atoms with E-state index in [2.05, 4.69) is 10.2 Å². The third kappa shape index (κ3) is 2.44. The molecule has 1 atom stereocenters. The molecule has 0 saturated heterocycles. The Bertz CT molecular complexity index is 707.